The van der Waals surface area contributed by atoms with Gasteiger partial charge in [-0.15, -0.1) is 0 Å². The number of fused-ring (bicyclic) bond motifs is 2. The van der Waals surface area contributed by atoms with Crippen LogP contribution in [-0.4, -0.2) is 29.4 Å². The number of benzene rings is 1. The van der Waals surface area contributed by atoms with Gasteiger partial charge in [-0.3, -0.25) is 0 Å². The highest BCUT2D eigenvalue weighted by molar-refractivity contribution is 8.00. The molecule has 1 N–H and O–H groups in total. The van der Waals surface area contributed by atoms with Gasteiger partial charge in [0.1, 0.15) is 6.29 Å². The van der Waals surface area contributed by atoms with E-state index in [1.165, 1.54) is 49.7 Å². The third-order valence-electron chi connectivity index (χ3n) is 5.69. The Morgan fingerprint density at radius 2 is 1.92 bits per heavy atom. The Morgan fingerprint density at radius 3 is 2.67 bits per heavy atom. The van der Waals surface area contributed by atoms with Crippen LogP contribution in [0.25, 0.3) is 0 Å². The number of hydrogen-bond acceptors (Lipinski definition) is 3. The summed E-state index contributed by atoms with van der Waals surface area (Å²) in [5, 5.41) is 4.88. The summed E-state index contributed by atoms with van der Waals surface area (Å²) in [6.45, 7) is 3.24. The summed E-state index contributed by atoms with van der Waals surface area (Å²) in [7, 11) is 0. The zero-order valence-electron chi connectivity index (χ0n) is 14.9. The summed E-state index contributed by atoms with van der Waals surface area (Å²) >= 11 is 2.14. The van der Waals surface area contributed by atoms with Crippen molar-refractivity contribution in [2.24, 2.45) is 5.92 Å². The van der Waals surface area contributed by atoms with Crippen LogP contribution in [0.5, 0.6) is 0 Å². The van der Waals surface area contributed by atoms with Crippen molar-refractivity contribution in [2.75, 3.05) is 6.54 Å². The van der Waals surface area contributed by atoms with Gasteiger partial charge in [-0.25, -0.2) is 0 Å². The van der Waals surface area contributed by atoms with Crippen LogP contribution in [0.15, 0.2) is 24.3 Å². The van der Waals surface area contributed by atoms with E-state index in [-0.39, 0.29) is 6.04 Å². The fourth-order valence-electron chi connectivity index (χ4n) is 4.17. The molecule has 2 nitrogen and oxygen atoms in total. The molecule has 2 aliphatic rings. The van der Waals surface area contributed by atoms with Crippen LogP contribution >= 0.6 is 11.8 Å². The molecule has 3 heteroatoms. The largest absolute Gasteiger partial charge is 0.307 e. The molecule has 3 rings (SSSR count). The lowest BCUT2D eigenvalue weighted by Gasteiger charge is -2.22. The number of unbranched alkanes of at least 4 members (excludes halogenated alkanes) is 2. The van der Waals surface area contributed by atoms with Crippen molar-refractivity contribution in [1.29, 1.82) is 0 Å². The summed E-state index contributed by atoms with van der Waals surface area (Å²) in [4.78, 5) is 11.0. The normalized spacial score (nSPS) is 29.4. The first kappa shape index (κ1) is 18.0. The van der Waals surface area contributed by atoms with E-state index < -0.39 is 0 Å². The van der Waals surface area contributed by atoms with E-state index in [0.29, 0.717) is 5.25 Å². The number of carbonyl (C=O) groups is 1. The topological polar surface area (TPSA) is 29.1 Å². The van der Waals surface area contributed by atoms with Gasteiger partial charge in [-0.2, -0.15) is 11.8 Å². The number of rotatable bonds is 8. The van der Waals surface area contributed by atoms with Crippen molar-refractivity contribution in [3.63, 3.8) is 0 Å². The molecular formula is C21H31NOS. The fourth-order valence-corrected chi connectivity index (χ4v) is 6.00. The second-order valence-corrected chi connectivity index (χ2v) is 8.99. The molecule has 0 aromatic heterocycles. The molecular weight excluding hydrogens is 314 g/mol. The van der Waals surface area contributed by atoms with Gasteiger partial charge in [0.2, 0.25) is 0 Å². The van der Waals surface area contributed by atoms with Crippen LogP contribution < -0.4 is 5.32 Å². The third kappa shape index (κ3) is 4.86. The van der Waals surface area contributed by atoms with Crippen LogP contribution in [0.3, 0.4) is 0 Å². The molecule has 0 radical (unpaired) electrons. The zero-order valence-corrected chi connectivity index (χ0v) is 15.7. The molecule has 24 heavy (non-hydrogen) atoms. The Bertz CT molecular complexity index is 515. The van der Waals surface area contributed by atoms with E-state index in [9.17, 15) is 4.79 Å². The minimum Gasteiger partial charge on any atom is -0.307 e. The molecule has 2 unspecified atom stereocenters. The van der Waals surface area contributed by atoms with E-state index in [1.54, 1.807) is 0 Å². The van der Waals surface area contributed by atoms with Gasteiger partial charge in [-0.1, -0.05) is 44.0 Å². The number of carbonyl (C=O) groups excluding carboxylic acids is 1. The van der Waals surface area contributed by atoms with Crippen LogP contribution in [0.4, 0.5) is 0 Å². The second-order valence-electron chi connectivity index (χ2n) is 7.45. The number of nitrogens with one attached hydrogen (secondary N) is 1. The Morgan fingerprint density at radius 1 is 1.12 bits per heavy atom. The van der Waals surface area contributed by atoms with Gasteiger partial charge < -0.3 is 10.1 Å². The first-order valence-corrected chi connectivity index (χ1v) is 10.6. The average Bonchev–Trinajstić information content (AvgIpc) is 2.86. The van der Waals surface area contributed by atoms with E-state index in [4.69, 9.17) is 0 Å². The van der Waals surface area contributed by atoms with Gasteiger partial charge in [0.25, 0.3) is 0 Å². The highest BCUT2D eigenvalue weighted by atomic mass is 32.2. The lowest BCUT2D eigenvalue weighted by molar-refractivity contribution is -0.109. The molecule has 132 valence electrons. The summed E-state index contributed by atoms with van der Waals surface area (Å²) in [6, 6.07) is 9.25. The number of aryl methyl sites for hydroxylation is 2. The smallest absolute Gasteiger partial charge is 0.136 e. The molecule has 0 amide bonds. The lowest BCUT2D eigenvalue weighted by Crippen LogP contribution is -2.37. The molecule has 1 aromatic carbocycles. The number of hydrogen-bond donors (Lipinski definition) is 1. The minimum atomic E-state index is 0.104. The van der Waals surface area contributed by atoms with Crippen molar-refractivity contribution >= 4 is 18.0 Å². The maximum Gasteiger partial charge on any atom is 0.136 e. The monoisotopic (exact) mass is 345 g/mol. The second kappa shape index (κ2) is 9.05. The van der Waals surface area contributed by atoms with Crippen LogP contribution in [0.2, 0.25) is 0 Å². The predicted octanol–water partition coefficient (Wildman–Crippen LogP) is 4.40. The molecule has 1 aromatic rings. The van der Waals surface area contributed by atoms with Crippen LogP contribution in [0.1, 0.15) is 56.6 Å². The molecule has 2 aliphatic heterocycles. The summed E-state index contributed by atoms with van der Waals surface area (Å²) in [5.74, 6) is 0.865. The summed E-state index contributed by atoms with van der Waals surface area (Å²) in [6.07, 6.45) is 11.2. The van der Waals surface area contributed by atoms with Gasteiger partial charge >= 0.3 is 0 Å². The summed E-state index contributed by atoms with van der Waals surface area (Å²) < 4.78 is 0. The number of thioether (sulfide) groups is 1. The van der Waals surface area contributed by atoms with Gasteiger partial charge in [0, 0.05) is 17.0 Å². The SMILES string of the molecule is CCc1ccc(CCCCC[C@@H]2CC3CC(C=O)NC[C@H]2S3)cc1. The molecule has 0 aliphatic carbocycles. The van der Waals surface area contributed by atoms with Gasteiger partial charge in [-0.05, 0) is 55.6 Å². The van der Waals surface area contributed by atoms with Crippen molar-refractivity contribution < 1.29 is 4.79 Å². The minimum absolute atomic E-state index is 0.104. The Hall–Kier alpha value is -0.800. The molecule has 2 bridgehead atoms. The Kier molecular flexibility index (Phi) is 6.79. The molecule has 4 atom stereocenters. The molecule has 2 heterocycles. The van der Waals surface area contributed by atoms with Crippen molar-refractivity contribution in [3.05, 3.63) is 35.4 Å². The number of aldehydes is 1. The standard InChI is InChI=1S/C21H31NOS/c1-2-16-8-10-17(11-9-16)6-4-3-5-7-18-12-20-13-19(15-23)22-14-21(18)24-20/h8-11,15,18-22H,2-7,12-14H2,1H3/t18-,19?,20?,21-/m1/s1. The Balaban J connectivity index is 1.33. The lowest BCUT2D eigenvalue weighted by atomic mass is 9.89. The van der Waals surface area contributed by atoms with E-state index >= 15 is 0 Å². The quantitative estimate of drug-likeness (QED) is 0.559. The fraction of sp³-hybridized carbons (Fsp3) is 0.667. The molecule has 0 spiro atoms. The first-order chi connectivity index (χ1) is 11.8. The summed E-state index contributed by atoms with van der Waals surface area (Å²) in [5.41, 5.74) is 2.92. The van der Waals surface area contributed by atoms with Crippen LogP contribution in [0, 0.1) is 5.92 Å². The van der Waals surface area contributed by atoms with E-state index in [0.717, 1.165) is 36.8 Å². The maximum atomic E-state index is 11.0. The molecule has 2 fully saturated rings. The Labute approximate surface area is 151 Å². The third-order valence-corrected chi connectivity index (χ3v) is 7.36. The predicted molar refractivity (Wildman–Crippen MR) is 104 cm³/mol. The molecule has 0 saturated carbocycles. The van der Waals surface area contributed by atoms with Crippen molar-refractivity contribution in [2.45, 2.75) is 74.8 Å². The maximum absolute atomic E-state index is 11.0. The average molecular weight is 346 g/mol. The zero-order chi connectivity index (χ0) is 16.8. The van der Waals surface area contributed by atoms with E-state index in [2.05, 4.69) is 48.3 Å². The van der Waals surface area contributed by atoms with Crippen LogP contribution in [-0.2, 0) is 17.6 Å². The van der Waals surface area contributed by atoms with E-state index in [1.807, 2.05) is 0 Å². The first-order valence-electron chi connectivity index (χ1n) is 9.70. The highest BCUT2D eigenvalue weighted by Gasteiger charge is 2.37. The van der Waals surface area contributed by atoms with Crippen molar-refractivity contribution in [1.82, 2.24) is 5.32 Å². The highest BCUT2D eigenvalue weighted by Crippen LogP contribution is 2.44. The van der Waals surface area contributed by atoms with Crippen molar-refractivity contribution in [3.8, 4) is 0 Å². The van der Waals surface area contributed by atoms with Gasteiger partial charge in [0.15, 0.2) is 0 Å². The van der Waals surface area contributed by atoms with Gasteiger partial charge in [0.05, 0.1) is 6.04 Å². The molecule has 2 saturated heterocycles.